The van der Waals surface area contributed by atoms with Gasteiger partial charge in [0.1, 0.15) is 5.82 Å². The number of guanidine groups is 1. The first-order valence-electron chi connectivity index (χ1n) is 11.8. The molecule has 0 bridgehead atoms. The van der Waals surface area contributed by atoms with Crippen molar-refractivity contribution in [3.05, 3.63) is 66.4 Å². The molecule has 0 unspecified atom stereocenters. The molecule has 0 atom stereocenters. The van der Waals surface area contributed by atoms with Crippen LogP contribution in [-0.2, 0) is 0 Å². The van der Waals surface area contributed by atoms with Crippen molar-refractivity contribution < 1.29 is 0 Å². The summed E-state index contributed by atoms with van der Waals surface area (Å²) in [5, 5.41) is 11.5. The Morgan fingerprint density at radius 1 is 1.18 bits per heavy atom. The van der Waals surface area contributed by atoms with E-state index in [9.17, 15) is 0 Å². The summed E-state index contributed by atoms with van der Waals surface area (Å²) in [4.78, 5) is 15.4. The fourth-order valence-corrected chi connectivity index (χ4v) is 4.57. The first kappa shape index (κ1) is 22.0. The lowest BCUT2D eigenvalue weighted by atomic mass is 10.0. The highest BCUT2D eigenvalue weighted by atomic mass is 15.4. The van der Waals surface area contributed by atoms with Crippen LogP contribution in [0.2, 0.25) is 0 Å². The lowest BCUT2D eigenvalue weighted by Crippen LogP contribution is -2.43. The van der Waals surface area contributed by atoms with E-state index in [0.29, 0.717) is 11.8 Å². The number of rotatable bonds is 5. The molecular weight excluding hydrogens is 424 g/mol. The van der Waals surface area contributed by atoms with Crippen LogP contribution in [0.3, 0.4) is 0 Å². The Morgan fingerprint density at radius 3 is 2.74 bits per heavy atom. The van der Waals surface area contributed by atoms with Crippen molar-refractivity contribution in [2.24, 2.45) is 10.1 Å². The number of piperazine rings is 1. The van der Waals surface area contributed by atoms with Crippen LogP contribution in [0.1, 0.15) is 30.7 Å². The minimum Gasteiger partial charge on any atom is -0.368 e. The zero-order valence-corrected chi connectivity index (χ0v) is 19.5. The van der Waals surface area contributed by atoms with Gasteiger partial charge in [0.15, 0.2) is 0 Å². The van der Waals surface area contributed by atoms with Crippen molar-refractivity contribution in [1.29, 1.82) is 0 Å². The Morgan fingerprint density at radius 2 is 2.06 bits per heavy atom. The number of aliphatic imine (C=N–C) groups is 1. The van der Waals surface area contributed by atoms with Gasteiger partial charge in [-0.3, -0.25) is 4.98 Å². The van der Waals surface area contributed by atoms with E-state index in [1.807, 2.05) is 29.2 Å². The zero-order valence-electron chi connectivity index (χ0n) is 19.5. The SMILES string of the molecule is C=N/C(=N\n1c(C)cc(-c2cccnc2)c1C1=CCCC1)Nc1ccc(N2CCNCC2)cn1. The first-order chi connectivity index (χ1) is 16.7. The normalized spacial score (nSPS) is 16.4. The van der Waals surface area contributed by atoms with Crippen molar-refractivity contribution in [3.63, 3.8) is 0 Å². The topological polar surface area (TPSA) is 82.7 Å². The second-order valence-corrected chi connectivity index (χ2v) is 8.57. The Kier molecular flexibility index (Phi) is 6.49. The van der Waals surface area contributed by atoms with E-state index in [2.05, 4.69) is 68.4 Å². The summed E-state index contributed by atoms with van der Waals surface area (Å²) < 4.78 is 1.96. The second-order valence-electron chi connectivity index (χ2n) is 8.57. The Hall–Kier alpha value is -3.78. The van der Waals surface area contributed by atoms with Crippen LogP contribution in [0.5, 0.6) is 0 Å². The Labute approximate surface area is 200 Å². The van der Waals surface area contributed by atoms with Crippen LogP contribution in [0.4, 0.5) is 11.5 Å². The van der Waals surface area contributed by atoms with Crippen molar-refractivity contribution in [2.75, 3.05) is 36.4 Å². The fourth-order valence-electron chi connectivity index (χ4n) is 4.57. The molecule has 5 rings (SSSR count). The first-order valence-corrected chi connectivity index (χ1v) is 11.8. The van der Waals surface area contributed by atoms with Crippen molar-refractivity contribution >= 4 is 29.8 Å². The van der Waals surface area contributed by atoms with Gasteiger partial charge in [-0.05, 0) is 62.7 Å². The maximum absolute atomic E-state index is 4.85. The van der Waals surface area contributed by atoms with E-state index in [1.54, 1.807) is 6.20 Å². The molecule has 8 heteroatoms. The van der Waals surface area contributed by atoms with Gasteiger partial charge in [-0.15, -0.1) is 5.10 Å². The van der Waals surface area contributed by atoms with Crippen LogP contribution in [-0.4, -0.2) is 53.5 Å². The molecule has 0 radical (unpaired) electrons. The number of nitrogens with one attached hydrogen (secondary N) is 2. The number of pyridine rings is 2. The van der Waals surface area contributed by atoms with E-state index in [1.165, 1.54) is 5.57 Å². The summed E-state index contributed by atoms with van der Waals surface area (Å²) in [6.45, 7) is 9.76. The van der Waals surface area contributed by atoms with Gasteiger partial charge in [0.2, 0.25) is 5.96 Å². The van der Waals surface area contributed by atoms with E-state index in [0.717, 1.165) is 73.6 Å². The summed E-state index contributed by atoms with van der Waals surface area (Å²) in [5.41, 5.74) is 6.74. The van der Waals surface area contributed by atoms with Crippen LogP contribution in [0, 0.1) is 6.92 Å². The number of aromatic nitrogens is 3. The summed E-state index contributed by atoms with van der Waals surface area (Å²) in [6, 6.07) is 10.3. The van der Waals surface area contributed by atoms with E-state index in [-0.39, 0.29) is 0 Å². The van der Waals surface area contributed by atoms with Crippen molar-refractivity contribution in [3.8, 4) is 11.1 Å². The molecule has 1 fully saturated rings. The fraction of sp³-hybridized carbons (Fsp3) is 0.308. The van der Waals surface area contributed by atoms with Gasteiger partial charge in [-0.1, -0.05) is 12.1 Å². The molecule has 4 heterocycles. The van der Waals surface area contributed by atoms with Gasteiger partial charge in [0, 0.05) is 55.4 Å². The molecule has 1 aliphatic carbocycles. The standard InChI is InChI=1S/C26H30N8/c1-19-16-23(21-8-5-11-29-17-21)25(20-6-3-4-7-20)34(19)32-26(27-2)31-24-10-9-22(18-30-24)33-14-12-28-13-15-33/h5-6,8-11,16-18,28H,2-4,7,12-15H2,1H3,(H,30,31,32). The summed E-state index contributed by atoms with van der Waals surface area (Å²) in [7, 11) is 0. The highest BCUT2D eigenvalue weighted by Crippen LogP contribution is 2.37. The highest BCUT2D eigenvalue weighted by Gasteiger charge is 2.20. The Bertz CT molecular complexity index is 1200. The monoisotopic (exact) mass is 454 g/mol. The largest absolute Gasteiger partial charge is 0.368 e. The minimum atomic E-state index is 0.402. The molecule has 8 nitrogen and oxygen atoms in total. The zero-order chi connectivity index (χ0) is 23.3. The number of hydrogen-bond donors (Lipinski definition) is 2. The number of aryl methyl sites for hydroxylation is 1. The van der Waals surface area contributed by atoms with Crippen LogP contribution >= 0.6 is 0 Å². The third-order valence-electron chi connectivity index (χ3n) is 6.29. The Balaban J connectivity index is 1.45. The quantitative estimate of drug-likeness (QED) is 0.447. The third kappa shape index (κ3) is 4.63. The second kappa shape index (κ2) is 10.0. The average molecular weight is 455 g/mol. The van der Waals surface area contributed by atoms with Crippen molar-refractivity contribution in [1.82, 2.24) is 20.0 Å². The van der Waals surface area contributed by atoms with Gasteiger partial charge in [-0.25, -0.2) is 14.7 Å². The van der Waals surface area contributed by atoms with Crippen LogP contribution in [0.15, 0.2) is 65.1 Å². The van der Waals surface area contributed by atoms with Gasteiger partial charge in [-0.2, -0.15) is 0 Å². The van der Waals surface area contributed by atoms with E-state index >= 15 is 0 Å². The maximum atomic E-state index is 4.85. The molecule has 3 aromatic rings. The smallest absolute Gasteiger partial charge is 0.245 e. The summed E-state index contributed by atoms with van der Waals surface area (Å²) in [5.74, 6) is 1.09. The lowest BCUT2D eigenvalue weighted by molar-refractivity contribution is 0.589. The average Bonchev–Trinajstić information content (AvgIpc) is 3.53. The number of nitrogens with zero attached hydrogens (tertiary/aromatic N) is 6. The summed E-state index contributed by atoms with van der Waals surface area (Å²) >= 11 is 0. The summed E-state index contributed by atoms with van der Waals surface area (Å²) in [6.07, 6.45) is 11.2. The molecule has 0 aromatic carbocycles. The predicted octanol–water partition coefficient (Wildman–Crippen LogP) is 4.16. The molecule has 174 valence electrons. The van der Waals surface area contributed by atoms with E-state index < -0.39 is 0 Å². The molecule has 2 aliphatic rings. The molecule has 1 saturated heterocycles. The van der Waals surface area contributed by atoms with Crippen LogP contribution in [0.25, 0.3) is 16.7 Å². The molecule has 34 heavy (non-hydrogen) atoms. The van der Waals surface area contributed by atoms with Crippen molar-refractivity contribution in [2.45, 2.75) is 26.2 Å². The minimum absolute atomic E-state index is 0.402. The lowest BCUT2D eigenvalue weighted by Gasteiger charge is -2.29. The predicted molar refractivity (Wildman–Crippen MR) is 140 cm³/mol. The molecule has 0 amide bonds. The third-order valence-corrected chi connectivity index (χ3v) is 6.29. The van der Waals surface area contributed by atoms with Gasteiger partial charge >= 0.3 is 0 Å². The molecule has 3 aromatic heterocycles. The van der Waals surface area contributed by atoms with Gasteiger partial charge in [0.25, 0.3) is 0 Å². The number of anilines is 2. The molecule has 0 saturated carbocycles. The van der Waals surface area contributed by atoms with Crippen LogP contribution < -0.4 is 15.5 Å². The molecule has 1 aliphatic heterocycles. The molecule has 0 spiro atoms. The molecule has 2 N–H and O–H groups in total. The number of allylic oxidation sites excluding steroid dienone is 2. The van der Waals surface area contributed by atoms with E-state index in [4.69, 9.17) is 5.10 Å². The highest BCUT2D eigenvalue weighted by molar-refractivity contribution is 5.96. The number of hydrogen-bond acceptors (Lipinski definition) is 5. The maximum Gasteiger partial charge on any atom is 0.245 e. The van der Waals surface area contributed by atoms with Gasteiger partial charge < -0.3 is 15.5 Å². The molecular formula is C26H30N8. The van der Waals surface area contributed by atoms with Gasteiger partial charge in [0.05, 0.1) is 17.6 Å².